The number of thiazole rings is 1. The average Bonchev–Trinajstić information content (AvgIpc) is 2.71. The first-order valence-electron chi connectivity index (χ1n) is 5.14. The maximum atomic E-state index is 8.57. The predicted octanol–water partition coefficient (Wildman–Crippen LogP) is 3.33. The minimum atomic E-state index is 0.131. The first-order chi connectivity index (χ1) is 7.90. The van der Waals surface area contributed by atoms with Crippen LogP contribution in [-0.2, 0) is 0 Å². The normalized spacial score (nSPS) is 11.6. The minimum Gasteiger partial charge on any atom is -0.392 e. The molecule has 2 rings (SSSR count). The fourth-order valence-electron chi connectivity index (χ4n) is 1.32. The van der Waals surface area contributed by atoms with Crippen molar-refractivity contribution in [2.75, 3.05) is 12.4 Å². The molecule has 0 radical (unpaired) electrons. The summed E-state index contributed by atoms with van der Waals surface area (Å²) in [5.74, 6) is 1.01. The third kappa shape index (κ3) is 3.07. The summed E-state index contributed by atoms with van der Waals surface area (Å²) in [7, 11) is 0. The van der Waals surface area contributed by atoms with Crippen molar-refractivity contribution in [2.24, 2.45) is 0 Å². The summed E-state index contributed by atoms with van der Waals surface area (Å²) in [5.41, 5.74) is 1.08. The van der Waals surface area contributed by atoms with E-state index in [1.54, 1.807) is 29.2 Å². The zero-order valence-electron chi connectivity index (χ0n) is 8.80. The van der Waals surface area contributed by atoms with Crippen molar-refractivity contribution >= 4 is 33.3 Å². The highest BCUT2D eigenvalue weighted by molar-refractivity contribution is 8.01. The number of para-hydroxylation sites is 1. The maximum absolute atomic E-state index is 8.57. The number of aromatic nitrogens is 1. The van der Waals surface area contributed by atoms with Gasteiger partial charge in [0.1, 0.15) is 0 Å². The van der Waals surface area contributed by atoms with Gasteiger partial charge in [-0.1, -0.05) is 36.0 Å². The highest BCUT2D eigenvalue weighted by atomic mass is 32.2. The molecule has 0 atom stereocenters. The van der Waals surface area contributed by atoms with Gasteiger partial charge in [-0.3, -0.25) is 0 Å². The number of rotatable bonds is 5. The summed E-state index contributed by atoms with van der Waals surface area (Å²) in [6.07, 6.45) is 4.75. The van der Waals surface area contributed by atoms with E-state index in [-0.39, 0.29) is 6.61 Å². The molecule has 84 valence electrons. The molecule has 1 aromatic carbocycles. The van der Waals surface area contributed by atoms with Crippen molar-refractivity contribution < 1.29 is 5.11 Å². The Morgan fingerprint density at radius 3 is 3.00 bits per heavy atom. The van der Waals surface area contributed by atoms with Crippen molar-refractivity contribution in [3.8, 4) is 0 Å². The lowest BCUT2D eigenvalue weighted by molar-refractivity contribution is 0.342. The summed E-state index contributed by atoms with van der Waals surface area (Å²) < 4.78 is 2.37. The van der Waals surface area contributed by atoms with Crippen LogP contribution in [0.2, 0.25) is 0 Å². The number of nitrogens with zero attached hydrogens (tertiary/aromatic N) is 1. The highest BCUT2D eigenvalue weighted by Crippen LogP contribution is 2.29. The van der Waals surface area contributed by atoms with E-state index in [2.05, 4.69) is 11.1 Å². The lowest BCUT2D eigenvalue weighted by Gasteiger charge is -1.91. The van der Waals surface area contributed by atoms with Crippen LogP contribution in [0.4, 0.5) is 0 Å². The van der Waals surface area contributed by atoms with Gasteiger partial charge in [0, 0.05) is 5.75 Å². The van der Waals surface area contributed by atoms with Crippen molar-refractivity contribution in [2.45, 2.75) is 10.8 Å². The molecule has 0 unspecified atom stereocenters. The maximum Gasteiger partial charge on any atom is 0.151 e. The van der Waals surface area contributed by atoms with Gasteiger partial charge in [-0.05, 0) is 18.6 Å². The van der Waals surface area contributed by atoms with E-state index in [4.69, 9.17) is 5.11 Å². The first-order valence-corrected chi connectivity index (χ1v) is 6.94. The summed E-state index contributed by atoms with van der Waals surface area (Å²) in [6, 6.07) is 8.20. The molecule has 1 N–H and O–H groups in total. The standard InChI is InChI=1S/C12H13NOS2/c14-8-4-1-5-9-15-12-13-10-6-2-3-7-11(10)16-12/h1-4,6-7,14H,5,8-9H2/b4-1+. The van der Waals surface area contributed by atoms with Crippen LogP contribution in [0.3, 0.4) is 0 Å². The summed E-state index contributed by atoms with van der Waals surface area (Å²) in [5, 5.41) is 8.57. The fraction of sp³-hybridized carbons (Fsp3) is 0.250. The molecular formula is C12H13NOS2. The Labute approximate surface area is 103 Å². The second kappa shape index (κ2) is 6.03. The van der Waals surface area contributed by atoms with Crippen LogP contribution in [0.25, 0.3) is 10.2 Å². The molecule has 0 aliphatic rings. The first kappa shape index (κ1) is 11.6. The molecule has 0 aliphatic carbocycles. The van der Waals surface area contributed by atoms with Crippen molar-refractivity contribution in [3.05, 3.63) is 36.4 Å². The number of fused-ring (bicyclic) bond motifs is 1. The number of aliphatic hydroxyl groups excluding tert-OH is 1. The van der Waals surface area contributed by atoms with Gasteiger partial charge in [0.2, 0.25) is 0 Å². The van der Waals surface area contributed by atoms with Crippen LogP contribution in [0.15, 0.2) is 40.8 Å². The van der Waals surface area contributed by atoms with Gasteiger partial charge in [-0.2, -0.15) is 0 Å². The van der Waals surface area contributed by atoms with E-state index in [9.17, 15) is 0 Å². The second-order valence-corrected chi connectivity index (χ2v) is 5.61. The number of hydrogen-bond donors (Lipinski definition) is 1. The zero-order valence-corrected chi connectivity index (χ0v) is 10.4. The SMILES string of the molecule is OC/C=C/CCSc1nc2ccccc2s1. The van der Waals surface area contributed by atoms with E-state index >= 15 is 0 Å². The van der Waals surface area contributed by atoms with E-state index < -0.39 is 0 Å². The molecular weight excluding hydrogens is 238 g/mol. The van der Waals surface area contributed by atoms with Gasteiger partial charge >= 0.3 is 0 Å². The smallest absolute Gasteiger partial charge is 0.151 e. The number of aliphatic hydroxyl groups is 1. The van der Waals surface area contributed by atoms with Crippen LogP contribution < -0.4 is 0 Å². The van der Waals surface area contributed by atoms with E-state index in [1.807, 2.05) is 24.3 Å². The fourth-order valence-corrected chi connectivity index (χ4v) is 3.36. The molecule has 0 fully saturated rings. The Morgan fingerprint density at radius 2 is 2.19 bits per heavy atom. The molecule has 2 nitrogen and oxygen atoms in total. The molecule has 0 bridgehead atoms. The van der Waals surface area contributed by atoms with Crippen molar-refractivity contribution in [1.82, 2.24) is 4.98 Å². The Morgan fingerprint density at radius 1 is 1.31 bits per heavy atom. The van der Waals surface area contributed by atoms with Crippen LogP contribution >= 0.6 is 23.1 Å². The molecule has 1 aromatic heterocycles. The van der Waals surface area contributed by atoms with Gasteiger partial charge < -0.3 is 5.11 Å². The van der Waals surface area contributed by atoms with Crippen LogP contribution in [-0.4, -0.2) is 22.5 Å². The summed E-state index contributed by atoms with van der Waals surface area (Å²) in [6.45, 7) is 0.131. The van der Waals surface area contributed by atoms with Gasteiger partial charge in [0.05, 0.1) is 16.8 Å². The van der Waals surface area contributed by atoms with E-state index in [1.165, 1.54) is 4.70 Å². The van der Waals surface area contributed by atoms with E-state index in [0.29, 0.717) is 0 Å². The molecule has 16 heavy (non-hydrogen) atoms. The largest absolute Gasteiger partial charge is 0.392 e. The number of allylic oxidation sites excluding steroid dienone is 1. The van der Waals surface area contributed by atoms with Gasteiger partial charge in [0.25, 0.3) is 0 Å². The van der Waals surface area contributed by atoms with Gasteiger partial charge in [-0.25, -0.2) is 4.98 Å². The third-order valence-electron chi connectivity index (χ3n) is 2.06. The molecule has 2 aromatic rings. The number of benzene rings is 1. The highest BCUT2D eigenvalue weighted by Gasteiger charge is 2.02. The predicted molar refractivity (Wildman–Crippen MR) is 71.2 cm³/mol. The molecule has 0 spiro atoms. The molecule has 0 aliphatic heterocycles. The minimum absolute atomic E-state index is 0.131. The molecule has 4 heteroatoms. The monoisotopic (exact) mass is 251 g/mol. The molecule has 1 heterocycles. The Bertz CT molecular complexity index is 446. The van der Waals surface area contributed by atoms with E-state index in [0.717, 1.165) is 22.0 Å². The quantitative estimate of drug-likeness (QED) is 0.503. The lowest BCUT2D eigenvalue weighted by Crippen LogP contribution is -1.77. The molecule has 0 saturated heterocycles. The van der Waals surface area contributed by atoms with Gasteiger partial charge in [0.15, 0.2) is 4.34 Å². The van der Waals surface area contributed by atoms with Crippen molar-refractivity contribution in [1.29, 1.82) is 0 Å². The van der Waals surface area contributed by atoms with Crippen LogP contribution in [0, 0.1) is 0 Å². The number of hydrogen-bond acceptors (Lipinski definition) is 4. The van der Waals surface area contributed by atoms with Crippen LogP contribution in [0.1, 0.15) is 6.42 Å². The van der Waals surface area contributed by atoms with Gasteiger partial charge in [-0.15, -0.1) is 11.3 Å². The topological polar surface area (TPSA) is 33.1 Å². The molecule has 0 saturated carbocycles. The third-order valence-corrected chi connectivity index (χ3v) is 4.27. The molecule has 0 amide bonds. The second-order valence-electron chi connectivity index (χ2n) is 3.24. The zero-order chi connectivity index (χ0) is 11.2. The number of thioether (sulfide) groups is 1. The Kier molecular flexibility index (Phi) is 4.39. The lowest BCUT2D eigenvalue weighted by atomic mass is 10.3. The Balaban J connectivity index is 1.92. The van der Waals surface area contributed by atoms with Crippen LogP contribution in [0.5, 0.6) is 0 Å². The summed E-state index contributed by atoms with van der Waals surface area (Å²) in [4.78, 5) is 4.54. The van der Waals surface area contributed by atoms with Crippen molar-refractivity contribution in [3.63, 3.8) is 0 Å². The Hall–Kier alpha value is -0.840. The summed E-state index contributed by atoms with van der Waals surface area (Å²) >= 11 is 3.51. The average molecular weight is 251 g/mol.